The van der Waals surface area contributed by atoms with E-state index in [4.69, 9.17) is 4.74 Å². The highest BCUT2D eigenvalue weighted by Gasteiger charge is 2.26. The van der Waals surface area contributed by atoms with Gasteiger partial charge in [0.15, 0.2) is 0 Å². The minimum absolute atomic E-state index is 0.0302. The molecule has 1 aromatic heterocycles. The second-order valence-electron chi connectivity index (χ2n) is 4.93. The van der Waals surface area contributed by atoms with Crippen molar-refractivity contribution in [3.8, 4) is 0 Å². The van der Waals surface area contributed by atoms with Crippen LogP contribution in [-0.2, 0) is 16.1 Å². The Labute approximate surface area is 113 Å². The van der Waals surface area contributed by atoms with Crippen molar-refractivity contribution in [2.24, 2.45) is 5.92 Å². The standard InChI is InChI=1S/C14H21N3O2/c1-2-19-14(18)12-3-5-13(6-4-12)17-9-11-7-15-10-16-8-11/h7-8,10,12-13,17H,2-6,9H2,1H3. The second-order valence-corrected chi connectivity index (χ2v) is 4.93. The maximum Gasteiger partial charge on any atom is 0.308 e. The molecule has 0 aliphatic heterocycles. The van der Waals surface area contributed by atoms with E-state index >= 15 is 0 Å². The highest BCUT2D eigenvalue weighted by Crippen LogP contribution is 2.25. The van der Waals surface area contributed by atoms with E-state index in [1.807, 2.05) is 19.3 Å². The third-order valence-electron chi connectivity index (χ3n) is 3.56. The molecule has 1 saturated carbocycles. The average molecular weight is 263 g/mol. The number of carbonyl (C=O) groups is 1. The van der Waals surface area contributed by atoms with E-state index in [0.29, 0.717) is 12.6 Å². The van der Waals surface area contributed by atoms with E-state index in [-0.39, 0.29) is 11.9 Å². The zero-order chi connectivity index (χ0) is 13.5. The molecule has 0 atom stereocenters. The van der Waals surface area contributed by atoms with Crippen molar-refractivity contribution in [3.63, 3.8) is 0 Å². The van der Waals surface area contributed by atoms with Gasteiger partial charge < -0.3 is 10.1 Å². The molecule has 1 aliphatic carbocycles. The zero-order valence-electron chi connectivity index (χ0n) is 11.3. The molecular weight excluding hydrogens is 242 g/mol. The number of esters is 1. The lowest BCUT2D eigenvalue weighted by Gasteiger charge is -2.27. The Hall–Kier alpha value is -1.49. The Morgan fingerprint density at radius 1 is 1.32 bits per heavy atom. The largest absolute Gasteiger partial charge is 0.466 e. The number of nitrogens with zero attached hydrogens (tertiary/aromatic N) is 2. The van der Waals surface area contributed by atoms with Crippen molar-refractivity contribution >= 4 is 5.97 Å². The molecule has 5 heteroatoms. The van der Waals surface area contributed by atoms with Gasteiger partial charge in [-0.25, -0.2) is 9.97 Å². The Morgan fingerprint density at radius 2 is 2.00 bits per heavy atom. The summed E-state index contributed by atoms with van der Waals surface area (Å²) in [6, 6.07) is 0.478. The molecule has 0 saturated heterocycles. The molecule has 1 aromatic rings. The quantitative estimate of drug-likeness (QED) is 0.819. The normalized spacial score (nSPS) is 23.0. The predicted molar refractivity (Wildman–Crippen MR) is 71.3 cm³/mol. The van der Waals surface area contributed by atoms with Gasteiger partial charge in [0.25, 0.3) is 0 Å². The lowest BCUT2D eigenvalue weighted by molar-refractivity contribution is -0.149. The molecule has 1 fully saturated rings. The third-order valence-corrected chi connectivity index (χ3v) is 3.56. The van der Waals surface area contributed by atoms with Crippen LogP contribution in [0.1, 0.15) is 38.2 Å². The molecule has 0 spiro atoms. The molecule has 19 heavy (non-hydrogen) atoms. The minimum atomic E-state index is -0.0302. The van der Waals surface area contributed by atoms with Crippen LogP contribution in [0.5, 0.6) is 0 Å². The van der Waals surface area contributed by atoms with E-state index in [1.54, 1.807) is 0 Å². The van der Waals surface area contributed by atoms with E-state index < -0.39 is 0 Å². The molecule has 2 rings (SSSR count). The van der Waals surface area contributed by atoms with Crippen LogP contribution in [0.3, 0.4) is 0 Å². The van der Waals surface area contributed by atoms with Crippen LogP contribution in [0.4, 0.5) is 0 Å². The molecule has 1 aliphatic rings. The topological polar surface area (TPSA) is 64.1 Å². The first-order valence-electron chi connectivity index (χ1n) is 6.93. The summed E-state index contributed by atoms with van der Waals surface area (Å²) >= 11 is 0. The zero-order valence-corrected chi connectivity index (χ0v) is 11.3. The van der Waals surface area contributed by atoms with Crippen LogP contribution in [0, 0.1) is 5.92 Å². The van der Waals surface area contributed by atoms with E-state index in [2.05, 4.69) is 15.3 Å². The van der Waals surface area contributed by atoms with Gasteiger partial charge in [0, 0.05) is 30.5 Å². The number of ether oxygens (including phenoxy) is 1. The number of carbonyl (C=O) groups excluding carboxylic acids is 1. The van der Waals surface area contributed by atoms with Crippen LogP contribution in [0.25, 0.3) is 0 Å². The molecule has 0 radical (unpaired) electrons. The molecule has 104 valence electrons. The summed E-state index contributed by atoms with van der Waals surface area (Å²) < 4.78 is 5.07. The number of hydrogen-bond donors (Lipinski definition) is 1. The van der Waals surface area contributed by atoms with Gasteiger partial charge in [-0.05, 0) is 32.6 Å². The van der Waals surface area contributed by atoms with E-state index in [1.165, 1.54) is 6.33 Å². The molecule has 1 heterocycles. The highest BCUT2D eigenvalue weighted by atomic mass is 16.5. The first-order valence-corrected chi connectivity index (χ1v) is 6.93. The van der Waals surface area contributed by atoms with E-state index in [9.17, 15) is 4.79 Å². The van der Waals surface area contributed by atoms with Crippen LogP contribution in [0.2, 0.25) is 0 Å². The average Bonchev–Trinajstić information content (AvgIpc) is 2.47. The SMILES string of the molecule is CCOC(=O)C1CCC(NCc2cncnc2)CC1. The van der Waals surface area contributed by atoms with Gasteiger partial charge in [0.1, 0.15) is 6.33 Å². The summed E-state index contributed by atoms with van der Waals surface area (Å²) in [6.07, 6.45) is 9.07. The van der Waals surface area contributed by atoms with Crippen molar-refractivity contribution in [1.29, 1.82) is 0 Å². The van der Waals surface area contributed by atoms with Gasteiger partial charge in [-0.2, -0.15) is 0 Å². The molecular formula is C14H21N3O2. The predicted octanol–water partition coefficient (Wildman–Crippen LogP) is 1.69. The summed E-state index contributed by atoms with van der Waals surface area (Å²) in [5.74, 6) is 0.0652. The monoisotopic (exact) mass is 263 g/mol. The molecule has 0 amide bonds. The summed E-state index contributed by atoms with van der Waals surface area (Å²) in [5, 5.41) is 3.50. The van der Waals surface area contributed by atoms with Gasteiger partial charge in [-0.3, -0.25) is 4.79 Å². The van der Waals surface area contributed by atoms with Crippen molar-refractivity contribution in [1.82, 2.24) is 15.3 Å². The number of nitrogens with one attached hydrogen (secondary N) is 1. The Bertz CT molecular complexity index is 389. The highest BCUT2D eigenvalue weighted by molar-refractivity contribution is 5.72. The van der Waals surface area contributed by atoms with Crippen molar-refractivity contribution < 1.29 is 9.53 Å². The molecule has 0 unspecified atom stereocenters. The van der Waals surface area contributed by atoms with Gasteiger partial charge in [0.2, 0.25) is 0 Å². The number of aromatic nitrogens is 2. The van der Waals surface area contributed by atoms with Gasteiger partial charge in [-0.15, -0.1) is 0 Å². The first kappa shape index (κ1) is 13.9. The van der Waals surface area contributed by atoms with Gasteiger partial charge in [0.05, 0.1) is 12.5 Å². The maximum absolute atomic E-state index is 11.6. The van der Waals surface area contributed by atoms with Crippen molar-refractivity contribution in [2.45, 2.75) is 45.2 Å². The lowest BCUT2D eigenvalue weighted by Crippen LogP contribution is -2.35. The second kappa shape index (κ2) is 7.19. The van der Waals surface area contributed by atoms with Crippen LogP contribution in [0.15, 0.2) is 18.7 Å². The smallest absolute Gasteiger partial charge is 0.308 e. The van der Waals surface area contributed by atoms with Gasteiger partial charge >= 0.3 is 5.97 Å². The molecule has 0 bridgehead atoms. The van der Waals surface area contributed by atoms with Crippen LogP contribution >= 0.6 is 0 Å². The first-order chi connectivity index (χ1) is 9.29. The van der Waals surface area contributed by atoms with Crippen LogP contribution in [-0.4, -0.2) is 28.6 Å². The molecule has 5 nitrogen and oxygen atoms in total. The molecule has 0 aromatic carbocycles. The Morgan fingerprint density at radius 3 is 2.63 bits per heavy atom. The van der Waals surface area contributed by atoms with Gasteiger partial charge in [-0.1, -0.05) is 0 Å². The van der Waals surface area contributed by atoms with Crippen molar-refractivity contribution in [2.75, 3.05) is 6.61 Å². The summed E-state index contributed by atoms with van der Waals surface area (Å²) in [7, 11) is 0. The molecule has 1 N–H and O–H groups in total. The third kappa shape index (κ3) is 4.28. The summed E-state index contributed by atoms with van der Waals surface area (Å²) in [4.78, 5) is 19.6. The summed E-state index contributed by atoms with van der Waals surface area (Å²) in [6.45, 7) is 3.12. The van der Waals surface area contributed by atoms with Crippen LogP contribution < -0.4 is 5.32 Å². The Balaban J connectivity index is 1.70. The summed E-state index contributed by atoms with van der Waals surface area (Å²) in [5.41, 5.74) is 1.09. The Kier molecular flexibility index (Phi) is 5.27. The van der Waals surface area contributed by atoms with Crippen molar-refractivity contribution in [3.05, 3.63) is 24.3 Å². The fourth-order valence-corrected chi connectivity index (χ4v) is 2.48. The van der Waals surface area contributed by atoms with E-state index in [0.717, 1.165) is 37.8 Å². The fraction of sp³-hybridized carbons (Fsp3) is 0.643. The fourth-order valence-electron chi connectivity index (χ4n) is 2.48. The number of rotatable bonds is 5. The number of hydrogen-bond acceptors (Lipinski definition) is 5. The lowest BCUT2D eigenvalue weighted by atomic mass is 9.86. The minimum Gasteiger partial charge on any atom is -0.466 e. The maximum atomic E-state index is 11.6.